The Morgan fingerprint density at radius 1 is 1.15 bits per heavy atom. The molecule has 12 heteroatoms. The average molecular weight is 465 g/mol. The number of alkyl halides is 3. The Labute approximate surface area is 188 Å². The Bertz CT molecular complexity index is 1030. The van der Waals surface area contributed by atoms with Crippen molar-refractivity contribution < 1.29 is 23.1 Å². The van der Waals surface area contributed by atoms with Gasteiger partial charge in [0.1, 0.15) is 0 Å². The summed E-state index contributed by atoms with van der Waals surface area (Å²) in [6.45, 7) is 8.02. The topological polar surface area (TPSA) is 112 Å². The number of hydrogen-bond donors (Lipinski definition) is 3. The molecular formula is C21H26F3N7O2. The molecule has 1 fully saturated rings. The third-order valence-corrected chi connectivity index (χ3v) is 5.22. The van der Waals surface area contributed by atoms with Crippen LogP contribution in [0.2, 0.25) is 0 Å². The number of benzene rings is 1. The first-order valence-corrected chi connectivity index (χ1v) is 10.4. The molecule has 3 N–H and O–H groups in total. The molecule has 3 heterocycles. The molecule has 1 saturated heterocycles. The van der Waals surface area contributed by atoms with Crippen LogP contribution in [0.1, 0.15) is 25.2 Å². The van der Waals surface area contributed by atoms with E-state index in [-0.39, 0.29) is 0 Å². The van der Waals surface area contributed by atoms with Gasteiger partial charge in [-0.05, 0) is 19.9 Å². The number of nitrogens with zero attached hydrogens (tertiary/aromatic N) is 5. The van der Waals surface area contributed by atoms with Crippen molar-refractivity contribution in [3.05, 3.63) is 54.0 Å². The van der Waals surface area contributed by atoms with Crippen LogP contribution in [0, 0.1) is 0 Å². The summed E-state index contributed by atoms with van der Waals surface area (Å²) >= 11 is 0. The molecule has 2 aromatic heterocycles. The van der Waals surface area contributed by atoms with E-state index in [9.17, 15) is 13.2 Å². The maximum absolute atomic E-state index is 10.6. The van der Waals surface area contributed by atoms with Gasteiger partial charge in [-0.2, -0.15) is 18.3 Å². The van der Waals surface area contributed by atoms with E-state index in [2.05, 4.69) is 62.8 Å². The van der Waals surface area contributed by atoms with Crippen LogP contribution in [0.25, 0.3) is 11.3 Å². The van der Waals surface area contributed by atoms with Crippen LogP contribution in [-0.4, -0.2) is 72.5 Å². The van der Waals surface area contributed by atoms with E-state index in [0.29, 0.717) is 18.6 Å². The Morgan fingerprint density at radius 2 is 1.79 bits per heavy atom. The smallest absolute Gasteiger partial charge is 0.475 e. The Morgan fingerprint density at radius 3 is 2.39 bits per heavy atom. The lowest BCUT2D eigenvalue weighted by atomic mass is 10.1. The molecule has 3 aromatic rings. The number of carboxylic acid groups (broad SMARTS) is 1. The number of H-pyrrole nitrogens is 1. The molecule has 0 saturated carbocycles. The number of aromatic nitrogens is 5. The molecule has 9 nitrogen and oxygen atoms in total. The summed E-state index contributed by atoms with van der Waals surface area (Å²) < 4.78 is 33.6. The van der Waals surface area contributed by atoms with Crippen molar-refractivity contribution in [1.82, 2.24) is 35.4 Å². The predicted molar refractivity (Wildman–Crippen MR) is 114 cm³/mol. The van der Waals surface area contributed by atoms with Crippen molar-refractivity contribution in [2.24, 2.45) is 0 Å². The van der Waals surface area contributed by atoms with Gasteiger partial charge in [0.15, 0.2) is 0 Å². The normalized spacial score (nSPS) is 19.1. The van der Waals surface area contributed by atoms with E-state index in [0.717, 1.165) is 42.3 Å². The van der Waals surface area contributed by atoms with Crippen molar-refractivity contribution in [2.45, 2.75) is 45.2 Å². The number of hydrogen-bond acceptors (Lipinski definition) is 6. The van der Waals surface area contributed by atoms with Gasteiger partial charge in [0.05, 0.1) is 29.8 Å². The van der Waals surface area contributed by atoms with Gasteiger partial charge >= 0.3 is 12.1 Å². The summed E-state index contributed by atoms with van der Waals surface area (Å²) in [4.78, 5) is 11.4. The molecule has 1 aromatic carbocycles. The van der Waals surface area contributed by atoms with Gasteiger partial charge in [-0.25, -0.2) is 9.48 Å². The van der Waals surface area contributed by atoms with Gasteiger partial charge in [-0.1, -0.05) is 35.5 Å². The Balaban J connectivity index is 0.000000383. The number of piperazine rings is 1. The summed E-state index contributed by atoms with van der Waals surface area (Å²) in [5, 5.41) is 26.7. The summed E-state index contributed by atoms with van der Waals surface area (Å²) in [6.07, 6.45) is -3.05. The first-order valence-electron chi connectivity index (χ1n) is 10.4. The van der Waals surface area contributed by atoms with E-state index in [1.54, 1.807) is 0 Å². The van der Waals surface area contributed by atoms with Crippen LogP contribution in [0.15, 0.2) is 42.6 Å². The number of rotatable bonds is 5. The average Bonchev–Trinajstić information content (AvgIpc) is 3.41. The van der Waals surface area contributed by atoms with E-state index in [1.165, 1.54) is 0 Å². The van der Waals surface area contributed by atoms with Crippen molar-refractivity contribution in [2.75, 3.05) is 13.1 Å². The molecule has 0 amide bonds. The highest BCUT2D eigenvalue weighted by Crippen LogP contribution is 2.18. The highest BCUT2D eigenvalue weighted by molar-refractivity contribution is 5.73. The van der Waals surface area contributed by atoms with Crippen molar-refractivity contribution >= 4 is 5.97 Å². The standard InChI is InChI=1S/C19H25N7.C2HF3O2/c1-14-9-20-10-15(2)26(14)13-18-12-25(24-22-18)11-17-8-19(23-21-17)16-6-4-3-5-7-16;3-2(4,5)1(6)7/h3-8,12,14-15,20H,9-11,13H2,1-2H3,(H,21,23);(H,6,7)/t14-,15+;. The molecule has 0 unspecified atom stereocenters. The van der Waals surface area contributed by atoms with Crippen LogP contribution in [0.3, 0.4) is 0 Å². The van der Waals surface area contributed by atoms with Crippen LogP contribution in [0.5, 0.6) is 0 Å². The molecule has 2 atom stereocenters. The van der Waals surface area contributed by atoms with Gasteiger partial charge in [0.2, 0.25) is 0 Å². The van der Waals surface area contributed by atoms with Crippen LogP contribution < -0.4 is 5.32 Å². The molecule has 0 aliphatic carbocycles. The van der Waals surface area contributed by atoms with Gasteiger partial charge in [-0.3, -0.25) is 10.00 Å². The van der Waals surface area contributed by atoms with Gasteiger partial charge in [-0.15, -0.1) is 5.10 Å². The zero-order valence-electron chi connectivity index (χ0n) is 18.3. The third-order valence-electron chi connectivity index (χ3n) is 5.22. The number of carboxylic acids is 1. The van der Waals surface area contributed by atoms with Gasteiger partial charge in [0.25, 0.3) is 0 Å². The minimum absolute atomic E-state index is 0.505. The number of aliphatic carboxylic acids is 1. The largest absolute Gasteiger partial charge is 0.490 e. The van der Waals surface area contributed by atoms with Crippen molar-refractivity contribution in [1.29, 1.82) is 0 Å². The van der Waals surface area contributed by atoms with E-state index in [4.69, 9.17) is 9.90 Å². The first-order chi connectivity index (χ1) is 15.6. The Hall–Kier alpha value is -3.25. The molecule has 0 bridgehead atoms. The summed E-state index contributed by atoms with van der Waals surface area (Å²) in [5.41, 5.74) is 4.08. The zero-order valence-corrected chi connectivity index (χ0v) is 18.3. The highest BCUT2D eigenvalue weighted by atomic mass is 19.4. The zero-order chi connectivity index (χ0) is 24.0. The quantitative estimate of drug-likeness (QED) is 0.531. The van der Waals surface area contributed by atoms with E-state index >= 15 is 0 Å². The lowest BCUT2D eigenvalue weighted by Gasteiger charge is -2.38. The molecule has 178 valence electrons. The fraction of sp³-hybridized carbons (Fsp3) is 0.429. The number of nitrogens with one attached hydrogen (secondary N) is 2. The molecule has 0 radical (unpaired) electrons. The van der Waals surface area contributed by atoms with Crippen molar-refractivity contribution in [3.8, 4) is 11.3 Å². The van der Waals surface area contributed by atoms with Gasteiger partial charge in [0, 0.05) is 37.3 Å². The highest BCUT2D eigenvalue weighted by Gasteiger charge is 2.38. The second-order valence-corrected chi connectivity index (χ2v) is 7.88. The van der Waals surface area contributed by atoms with Crippen LogP contribution >= 0.6 is 0 Å². The fourth-order valence-corrected chi connectivity index (χ4v) is 3.53. The molecular weight excluding hydrogens is 439 g/mol. The predicted octanol–water partition coefficient (Wildman–Crippen LogP) is 2.53. The lowest BCUT2D eigenvalue weighted by Crippen LogP contribution is -2.54. The molecule has 4 rings (SSSR count). The first kappa shape index (κ1) is 24.4. The lowest BCUT2D eigenvalue weighted by molar-refractivity contribution is -0.192. The maximum Gasteiger partial charge on any atom is 0.490 e. The molecule has 0 spiro atoms. The molecule has 33 heavy (non-hydrogen) atoms. The number of aromatic amines is 1. The van der Waals surface area contributed by atoms with E-state index in [1.807, 2.05) is 29.1 Å². The third kappa shape index (κ3) is 6.86. The SMILES string of the molecule is C[C@@H]1CNC[C@H](C)N1Cc1cn(Cc2cc(-c3ccccc3)n[nH]2)nn1.O=C(O)C(F)(F)F. The number of halogens is 3. The summed E-state index contributed by atoms with van der Waals surface area (Å²) in [7, 11) is 0. The maximum atomic E-state index is 10.6. The minimum atomic E-state index is -5.08. The van der Waals surface area contributed by atoms with E-state index < -0.39 is 12.1 Å². The van der Waals surface area contributed by atoms with Crippen molar-refractivity contribution in [3.63, 3.8) is 0 Å². The van der Waals surface area contributed by atoms with Crippen LogP contribution in [-0.2, 0) is 17.9 Å². The number of carbonyl (C=O) groups is 1. The monoisotopic (exact) mass is 465 g/mol. The second-order valence-electron chi connectivity index (χ2n) is 7.88. The molecule has 1 aliphatic rings. The van der Waals surface area contributed by atoms with Crippen LogP contribution in [0.4, 0.5) is 13.2 Å². The Kier molecular flexibility index (Phi) is 7.82. The summed E-state index contributed by atoms with van der Waals surface area (Å²) in [5.74, 6) is -2.76. The molecule has 1 aliphatic heterocycles. The minimum Gasteiger partial charge on any atom is -0.475 e. The van der Waals surface area contributed by atoms with Gasteiger partial charge < -0.3 is 10.4 Å². The second kappa shape index (κ2) is 10.6. The fourth-order valence-electron chi connectivity index (χ4n) is 3.53. The summed E-state index contributed by atoms with van der Waals surface area (Å²) in [6, 6.07) is 13.2.